The number of carbonyl (C=O) groups excluding carboxylic acids is 1. The number of benzene rings is 1. The average molecular weight is 272 g/mol. The molecule has 1 heterocycles. The largest absolute Gasteiger partial charge is 0.469 e. The fraction of sp³-hybridized carbons (Fsp3) is 0.312. The summed E-state index contributed by atoms with van der Waals surface area (Å²) in [4.78, 5) is 11.5. The number of methoxy groups -OCH3 is 1. The van der Waals surface area contributed by atoms with Crippen LogP contribution in [-0.4, -0.2) is 24.7 Å². The molecule has 1 aromatic carbocycles. The van der Waals surface area contributed by atoms with Crippen LogP contribution in [0.3, 0.4) is 0 Å². The van der Waals surface area contributed by atoms with Crippen molar-refractivity contribution in [3.63, 3.8) is 0 Å². The topological polar surface area (TPSA) is 43.3 Å². The van der Waals surface area contributed by atoms with Gasteiger partial charge in [0.05, 0.1) is 13.5 Å². The molecule has 0 aliphatic rings. The summed E-state index contributed by atoms with van der Waals surface area (Å²) in [5.41, 5.74) is 3.38. The Hall–Kier alpha value is -2.07. The standard InChI is InChI=1S/C16H20N2O2/c1-17-11-15-8-5-9-18(15)12-14-7-4-3-6-13(14)10-16(19)20-2/h3-9,17H,10-12H2,1-2H3. The van der Waals surface area contributed by atoms with Crippen LogP contribution in [0.25, 0.3) is 0 Å². The highest BCUT2D eigenvalue weighted by Crippen LogP contribution is 2.14. The number of hydrogen-bond donors (Lipinski definition) is 1. The highest BCUT2D eigenvalue weighted by molar-refractivity contribution is 5.72. The molecule has 0 aliphatic carbocycles. The van der Waals surface area contributed by atoms with Gasteiger partial charge >= 0.3 is 5.97 Å². The van der Waals surface area contributed by atoms with Crippen molar-refractivity contribution in [2.75, 3.05) is 14.2 Å². The van der Waals surface area contributed by atoms with Crippen LogP contribution < -0.4 is 5.32 Å². The van der Waals surface area contributed by atoms with E-state index in [0.717, 1.165) is 24.2 Å². The van der Waals surface area contributed by atoms with Gasteiger partial charge in [-0.3, -0.25) is 4.79 Å². The van der Waals surface area contributed by atoms with E-state index < -0.39 is 0 Å². The summed E-state index contributed by atoms with van der Waals surface area (Å²) in [6, 6.07) is 12.1. The van der Waals surface area contributed by atoms with Gasteiger partial charge in [0.25, 0.3) is 0 Å². The zero-order chi connectivity index (χ0) is 14.4. The Labute approximate surface area is 119 Å². The molecule has 1 N–H and O–H groups in total. The van der Waals surface area contributed by atoms with Gasteiger partial charge in [0.2, 0.25) is 0 Å². The van der Waals surface area contributed by atoms with Crippen LogP contribution in [0.1, 0.15) is 16.8 Å². The fourth-order valence-electron chi connectivity index (χ4n) is 2.24. The molecule has 0 aliphatic heterocycles. The van der Waals surface area contributed by atoms with Gasteiger partial charge in [0, 0.05) is 25.0 Å². The quantitative estimate of drug-likeness (QED) is 0.818. The molecule has 2 aromatic rings. The van der Waals surface area contributed by atoms with Gasteiger partial charge in [-0.15, -0.1) is 0 Å². The maximum atomic E-state index is 11.5. The molecule has 0 saturated carbocycles. The molecule has 0 bridgehead atoms. The van der Waals surface area contributed by atoms with Crippen LogP contribution >= 0.6 is 0 Å². The Morgan fingerprint density at radius 3 is 2.65 bits per heavy atom. The summed E-state index contributed by atoms with van der Waals surface area (Å²) in [5, 5.41) is 3.16. The summed E-state index contributed by atoms with van der Waals surface area (Å²) in [6.45, 7) is 1.59. The van der Waals surface area contributed by atoms with Crippen LogP contribution in [0.2, 0.25) is 0 Å². The first-order valence-electron chi connectivity index (χ1n) is 6.66. The SMILES string of the molecule is CNCc1cccn1Cc1ccccc1CC(=O)OC. The van der Waals surface area contributed by atoms with E-state index in [0.29, 0.717) is 6.42 Å². The Bertz CT molecular complexity index is 575. The minimum Gasteiger partial charge on any atom is -0.469 e. The van der Waals surface area contributed by atoms with E-state index in [1.165, 1.54) is 12.8 Å². The lowest BCUT2D eigenvalue weighted by Crippen LogP contribution is -2.13. The van der Waals surface area contributed by atoms with Crippen molar-refractivity contribution >= 4 is 5.97 Å². The van der Waals surface area contributed by atoms with Gasteiger partial charge < -0.3 is 14.6 Å². The fourth-order valence-corrected chi connectivity index (χ4v) is 2.24. The third kappa shape index (κ3) is 3.48. The molecule has 1 aromatic heterocycles. The Morgan fingerprint density at radius 2 is 1.95 bits per heavy atom. The van der Waals surface area contributed by atoms with Gasteiger partial charge in [-0.2, -0.15) is 0 Å². The number of carbonyl (C=O) groups is 1. The molecular weight excluding hydrogens is 252 g/mol. The first-order valence-corrected chi connectivity index (χ1v) is 6.66. The lowest BCUT2D eigenvalue weighted by atomic mass is 10.0. The predicted molar refractivity (Wildman–Crippen MR) is 78.5 cm³/mol. The molecule has 20 heavy (non-hydrogen) atoms. The summed E-state index contributed by atoms with van der Waals surface area (Å²) < 4.78 is 6.94. The molecule has 0 unspecified atom stereocenters. The van der Waals surface area contributed by atoms with Gasteiger partial charge in [0.1, 0.15) is 0 Å². The minimum atomic E-state index is -0.208. The van der Waals surface area contributed by atoms with E-state index >= 15 is 0 Å². The van der Waals surface area contributed by atoms with Gasteiger partial charge in [-0.25, -0.2) is 0 Å². The molecule has 0 fully saturated rings. The number of ether oxygens (including phenoxy) is 1. The number of nitrogens with one attached hydrogen (secondary N) is 1. The predicted octanol–water partition coefficient (Wildman–Crippen LogP) is 1.97. The average Bonchev–Trinajstić information content (AvgIpc) is 2.88. The lowest BCUT2D eigenvalue weighted by Gasteiger charge is -2.12. The van der Waals surface area contributed by atoms with Crippen LogP contribution in [0.15, 0.2) is 42.6 Å². The van der Waals surface area contributed by atoms with Crippen LogP contribution in [-0.2, 0) is 29.0 Å². The van der Waals surface area contributed by atoms with Crippen molar-refractivity contribution < 1.29 is 9.53 Å². The number of aromatic nitrogens is 1. The van der Waals surface area contributed by atoms with Crippen molar-refractivity contribution in [1.82, 2.24) is 9.88 Å². The lowest BCUT2D eigenvalue weighted by molar-refractivity contribution is -0.139. The van der Waals surface area contributed by atoms with E-state index in [9.17, 15) is 4.79 Å². The van der Waals surface area contributed by atoms with E-state index in [1.807, 2.05) is 31.3 Å². The maximum absolute atomic E-state index is 11.5. The first kappa shape index (κ1) is 14.3. The Balaban J connectivity index is 2.20. The normalized spacial score (nSPS) is 10.5. The molecule has 0 radical (unpaired) electrons. The van der Waals surface area contributed by atoms with Gasteiger partial charge in [-0.1, -0.05) is 24.3 Å². The molecule has 0 amide bonds. The zero-order valence-electron chi connectivity index (χ0n) is 11.9. The van der Waals surface area contributed by atoms with Crippen molar-refractivity contribution in [3.05, 3.63) is 59.4 Å². The Kier molecular flexibility index (Phi) is 4.96. The summed E-state index contributed by atoms with van der Waals surface area (Å²) in [5.74, 6) is -0.208. The van der Waals surface area contributed by atoms with Crippen LogP contribution in [0.4, 0.5) is 0 Å². The third-order valence-electron chi connectivity index (χ3n) is 3.30. The second-order valence-electron chi connectivity index (χ2n) is 4.68. The molecule has 0 atom stereocenters. The number of esters is 1. The zero-order valence-corrected chi connectivity index (χ0v) is 11.9. The smallest absolute Gasteiger partial charge is 0.309 e. The second-order valence-corrected chi connectivity index (χ2v) is 4.68. The van der Waals surface area contributed by atoms with Crippen molar-refractivity contribution in [2.45, 2.75) is 19.5 Å². The molecular formula is C16H20N2O2. The maximum Gasteiger partial charge on any atom is 0.309 e. The third-order valence-corrected chi connectivity index (χ3v) is 3.30. The van der Waals surface area contributed by atoms with Crippen molar-refractivity contribution in [1.29, 1.82) is 0 Å². The molecule has 106 valence electrons. The van der Waals surface area contributed by atoms with E-state index in [-0.39, 0.29) is 5.97 Å². The molecule has 4 nitrogen and oxygen atoms in total. The molecule has 4 heteroatoms. The number of hydrogen-bond acceptors (Lipinski definition) is 3. The van der Waals surface area contributed by atoms with Gasteiger partial charge in [0.15, 0.2) is 0 Å². The van der Waals surface area contributed by atoms with E-state index in [1.54, 1.807) is 0 Å². The summed E-state index contributed by atoms with van der Waals surface area (Å²) in [6.07, 6.45) is 2.37. The van der Waals surface area contributed by atoms with Crippen LogP contribution in [0.5, 0.6) is 0 Å². The highest BCUT2D eigenvalue weighted by atomic mass is 16.5. The summed E-state index contributed by atoms with van der Waals surface area (Å²) in [7, 11) is 3.35. The minimum absolute atomic E-state index is 0.208. The Morgan fingerprint density at radius 1 is 1.20 bits per heavy atom. The monoisotopic (exact) mass is 272 g/mol. The van der Waals surface area contributed by atoms with Crippen molar-refractivity contribution in [3.8, 4) is 0 Å². The molecule has 2 rings (SSSR count). The molecule has 0 saturated heterocycles. The highest BCUT2D eigenvalue weighted by Gasteiger charge is 2.09. The number of rotatable bonds is 6. The van der Waals surface area contributed by atoms with E-state index in [4.69, 9.17) is 4.74 Å². The summed E-state index contributed by atoms with van der Waals surface area (Å²) >= 11 is 0. The number of nitrogens with zero attached hydrogens (tertiary/aromatic N) is 1. The second kappa shape index (κ2) is 6.91. The van der Waals surface area contributed by atoms with Crippen molar-refractivity contribution in [2.24, 2.45) is 0 Å². The van der Waals surface area contributed by atoms with Gasteiger partial charge in [-0.05, 0) is 30.3 Å². The molecule has 0 spiro atoms. The van der Waals surface area contributed by atoms with E-state index in [2.05, 4.69) is 28.2 Å². The first-order chi connectivity index (χ1) is 9.74. The van der Waals surface area contributed by atoms with Crippen LogP contribution in [0, 0.1) is 0 Å².